The van der Waals surface area contributed by atoms with Crippen molar-refractivity contribution in [2.75, 3.05) is 30.4 Å². The lowest BCUT2D eigenvalue weighted by Gasteiger charge is -2.20. The lowest BCUT2D eigenvalue weighted by atomic mass is 10.1. The van der Waals surface area contributed by atoms with Crippen molar-refractivity contribution < 1.29 is 9.59 Å². The van der Waals surface area contributed by atoms with Gasteiger partial charge in [-0.15, -0.1) is 0 Å². The molecule has 0 saturated heterocycles. The summed E-state index contributed by atoms with van der Waals surface area (Å²) < 4.78 is 0. The van der Waals surface area contributed by atoms with Gasteiger partial charge in [0.25, 0.3) is 5.91 Å². The van der Waals surface area contributed by atoms with E-state index in [1.807, 2.05) is 18.0 Å². The van der Waals surface area contributed by atoms with Crippen molar-refractivity contribution in [1.29, 1.82) is 0 Å². The lowest BCUT2D eigenvalue weighted by Crippen LogP contribution is -2.40. The molecule has 1 aromatic rings. The fraction of sp³-hybridized carbons (Fsp3) is 0.529. The molecular formula is C17H26N4O2. The van der Waals surface area contributed by atoms with Crippen LogP contribution in [0.1, 0.15) is 43.0 Å². The van der Waals surface area contributed by atoms with Crippen LogP contribution in [0.3, 0.4) is 0 Å². The second kappa shape index (κ2) is 7.97. The standard InChI is InChI=1S/C17H26N4O2/c1-3-4-5-13(11-18)19-17(23)12-6-7-15-14(10-12)20-16(22)8-9-21(15)2/h6-7,10,13H,3-5,8-9,11,18H2,1-2H3,(H,19,23)(H,20,22). The monoisotopic (exact) mass is 318 g/mol. The summed E-state index contributed by atoms with van der Waals surface area (Å²) in [6, 6.07) is 5.38. The van der Waals surface area contributed by atoms with Gasteiger partial charge in [-0.2, -0.15) is 0 Å². The van der Waals surface area contributed by atoms with Gasteiger partial charge >= 0.3 is 0 Å². The topological polar surface area (TPSA) is 87.5 Å². The van der Waals surface area contributed by atoms with Crippen LogP contribution in [0.4, 0.5) is 11.4 Å². The van der Waals surface area contributed by atoms with Gasteiger partial charge in [-0.25, -0.2) is 0 Å². The van der Waals surface area contributed by atoms with E-state index >= 15 is 0 Å². The molecule has 2 rings (SSSR count). The molecule has 6 heteroatoms. The first-order valence-electron chi connectivity index (χ1n) is 8.21. The van der Waals surface area contributed by atoms with E-state index in [4.69, 9.17) is 5.73 Å². The number of unbranched alkanes of at least 4 members (excludes halogenated alkanes) is 1. The number of amides is 2. The molecule has 4 N–H and O–H groups in total. The Hall–Kier alpha value is -2.08. The Morgan fingerprint density at radius 2 is 2.26 bits per heavy atom. The first kappa shape index (κ1) is 17.3. The van der Waals surface area contributed by atoms with Crippen molar-refractivity contribution in [3.8, 4) is 0 Å². The highest BCUT2D eigenvalue weighted by molar-refractivity contribution is 6.01. The average Bonchev–Trinajstić information content (AvgIpc) is 2.69. The predicted molar refractivity (Wildman–Crippen MR) is 92.8 cm³/mol. The zero-order chi connectivity index (χ0) is 16.8. The molecule has 23 heavy (non-hydrogen) atoms. The smallest absolute Gasteiger partial charge is 0.251 e. The number of fused-ring (bicyclic) bond motifs is 1. The molecule has 6 nitrogen and oxygen atoms in total. The molecule has 1 unspecified atom stereocenters. The molecule has 126 valence electrons. The molecule has 1 heterocycles. The van der Waals surface area contributed by atoms with Gasteiger partial charge in [-0.05, 0) is 24.6 Å². The molecule has 0 bridgehead atoms. The van der Waals surface area contributed by atoms with Crippen LogP contribution in [0.5, 0.6) is 0 Å². The van der Waals surface area contributed by atoms with Crippen LogP contribution in [0.15, 0.2) is 18.2 Å². The van der Waals surface area contributed by atoms with E-state index in [0.717, 1.165) is 24.9 Å². The maximum absolute atomic E-state index is 12.4. The summed E-state index contributed by atoms with van der Waals surface area (Å²) in [7, 11) is 1.94. The molecule has 1 atom stereocenters. The van der Waals surface area contributed by atoms with Crippen LogP contribution in [0, 0.1) is 0 Å². The number of carbonyl (C=O) groups excluding carboxylic acids is 2. The fourth-order valence-corrected chi connectivity index (χ4v) is 2.68. The number of carbonyl (C=O) groups is 2. The van der Waals surface area contributed by atoms with Crippen molar-refractivity contribution in [2.45, 2.75) is 38.6 Å². The summed E-state index contributed by atoms with van der Waals surface area (Å²) in [5.41, 5.74) is 7.87. The number of hydrogen-bond acceptors (Lipinski definition) is 4. The second-order valence-electron chi connectivity index (χ2n) is 6.00. The third-order valence-electron chi connectivity index (χ3n) is 4.14. The Balaban J connectivity index is 2.14. The van der Waals surface area contributed by atoms with E-state index in [1.165, 1.54) is 0 Å². The summed E-state index contributed by atoms with van der Waals surface area (Å²) in [6.07, 6.45) is 3.43. The van der Waals surface area contributed by atoms with E-state index in [-0.39, 0.29) is 17.9 Å². The number of nitrogens with zero attached hydrogens (tertiary/aromatic N) is 1. The first-order chi connectivity index (χ1) is 11.0. The molecule has 0 saturated carbocycles. The molecule has 1 aromatic carbocycles. The van der Waals surface area contributed by atoms with Crippen molar-refractivity contribution in [3.05, 3.63) is 23.8 Å². The molecule has 1 aliphatic heterocycles. The maximum atomic E-state index is 12.4. The highest BCUT2D eigenvalue weighted by Gasteiger charge is 2.19. The zero-order valence-electron chi connectivity index (χ0n) is 13.9. The molecular weight excluding hydrogens is 292 g/mol. The van der Waals surface area contributed by atoms with E-state index in [0.29, 0.717) is 30.8 Å². The lowest BCUT2D eigenvalue weighted by molar-refractivity contribution is -0.115. The van der Waals surface area contributed by atoms with E-state index < -0.39 is 0 Å². The summed E-state index contributed by atoms with van der Waals surface area (Å²) in [5.74, 6) is -0.184. The van der Waals surface area contributed by atoms with Gasteiger partial charge < -0.3 is 21.3 Å². The summed E-state index contributed by atoms with van der Waals surface area (Å²) in [5, 5.41) is 5.84. The van der Waals surface area contributed by atoms with Crippen LogP contribution in [0.2, 0.25) is 0 Å². The minimum Gasteiger partial charge on any atom is -0.372 e. The summed E-state index contributed by atoms with van der Waals surface area (Å²) >= 11 is 0. The van der Waals surface area contributed by atoms with Crippen LogP contribution in [-0.2, 0) is 4.79 Å². The summed E-state index contributed by atoms with van der Waals surface area (Å²) in [4.78, 5) is 26.2. The fourth-order valence-electron chi connectivity index (χ4n) is 2.68. The molecule has 0 spiro atoms. The Morgan fingerprint density at radius 3 is 2.96 bits per heavy atom. The summed E-state index contributed by atoms with van der Waals surface area (Å²) in [6.45, 7) is 3.20. The van der Waals surface area contributed by atoms with Gasteiger partial charge in [-0.1, -0.05) is 19.8 Å². The predicted octanol–water partition coefficient (Wildman–Crippen LogP) is 1.71. The third-order valence-corrected chi connectivity index (χ3v) is 4.14. The maximum Gasteiger partial charge on any atom is 0.251 e. The van der Waals surface area contributed by atoms with Crippen molar-refractivity contribution in [1.82, 2.24) is 5.32 Å². The van der Waals surface area contributed by atoms with Crippen LogP contribution >= 0.6 is 0 Å². The molecule has 0 fully saturated rings. The minimum atomic E-state index is -0.152. The molecule has 1 aliphatic rings. The van der Waals surface area contributed by atoms with Gasteiger partial charge in [0, 0.05) is 38.2 Å². The second-order valence-corrected chi connectivity index (χ2v) is 6.00. The quantitative estimate of drug-likeness (QED) is 0.745. The minimum absolute atomic E-state index is 0.0153. The van der Waals surface area contributed by atoms with Gasteiger partial charge in [0.2, 0.25) is 5.91 Å². The van der Waals surface area contributed by atoms with E-state index in [1.54, 1.807) is 12.1 Å². The Labute approximate surface area is 137 Å². The van der Waals surface area contributed by atoms with Gasteiger partial charge in [-0.3, -0.25) is 9.59 Å². The largest absolute Gasteiger partial charge is 0.372 e. The zero-order valence-corrected chi connectivity index (χ0v) is 13.9. The van der Waals surface area contributed by atoms with Gasteiger partial charge in [0.05, 0.1) is 11.4 Å². The van der Waals surface area contributed by atoms with Crippen molar-refractivity contribution >= 4 is 23.2 Å². The number of benzene rings is 1. The number of hydrogen-bond donors (Lipinski definition) is 3. The van der Waals surface area contributed by atoms with Gasteiger partial charge in [0.1, 0.15) is 0 Å². The third kappa shape index (κ3) is 4.45. The van der Waals surface area contributed by atoms with Crippen molar-refractivity contribution in [2.24, 2.45) is 5.73 Å². The van der Waals surface area contributed by atoms with Crippen LogP contribution in [-0.4, -0.2) is 38.0 Å². The number of nitrogens with one attached hydrogen (secondary N) is 2. The SMILES string of the molecule is CCCCC(CN)NC(=O)c1ccc2c(c1)NC(=O)CCN2C. The van der Waals surface area contributed by atoms with Gasteiger partial charge in [0.15, 0.2) is 0 Å². The van der Waals surface area contributed by atoms with Crippen LogP contribution < -0.4 is 21.3 Å². The molecule has 0 radical (unpaired) electrons. The highest BCUT2D eigenvalue weighted by atomic mass is 16.2. The first-order valence-corrected chi connectivity index (χ1v) is 8.21. The Morgan fingerprint density at radius 1 is 1.48 bits per heavy atom. The number of rotatable bonds is 6. The molecule has 2 amide bonds. The van der Waals surface area contributed by atoms with E-state index in [2.05, 4.69) is 17.6 Å². The average molecular weight is 318 g/mol. The molecule has 0 aromatic heterocycles. The Kier molecular flexibility index (Phi) is 5.98. The Bertz CT molecular complexity index is 574. The van der Waals surface area contributed by atoms with E-state index in [9.17, 15) is 9.59 Å². The number of nitrogens with two attached hydrogens (primary N) is 1. The normalized spacial score (nSPS) is 15.4. The highest BCUT2D eigenvalue weighted by Crippen LogP contribution is 2.28. The van der Waals surface area contributed by atoms with Crippen molar-refractivity contribution in [3.63, 3.8) is 0 Å². The molecule has 0 aliphatic carbocycles. The number of anilines is 2. The van der Waals surface area contributed by atoms with Crippen LogP contribution in [0.25, 0.3) is 0 Å².